The van der Waals surface area contributed by atoms with Gasteiger partial charge in [-0.15, -0.1) is 0 Å². The van der Waals surface area contributed by atoms with E-state index in [1.54, 1.807) is 0 Å². The molecule has 2 aromatic carbocycles. The number of amides is 1. The van der Waals surface area contributed by atoms with Crippen LogP contribution in [0, 0.1) is 6.92 Å². The van der Waals surface area contributed by atoms with Gasteiger partial charge in [-0.1, -0.05) is 24.3 Å². The molecule has 152 valence electrons. The molecule has 0 aliphatic carbocycles. The fourth-order valence-corrected chi connectivity index (χ4v) is 4.09. The summed E-state index contributed by atoms with van der Waals surface area (Å²) in [4.78, 5) is 29.8. The number of piperidine rings is 1. The number of nitrogens with one attached hydrogen (secondary N) is 1. The first-order chi connectivity index (χ1) is 14.1. The van der Waals surface area contributed by atoms with E-state index >= 15 is 0 Å². The monoisotopic (exact) mass is 393 g/mol. The lowest BCUT2D eigenvalue weighted by molar-refractivity contribution is -0.132. The van der Waals surface area contributed by atoms with Gasteiger partial charge in [0.1, 0.15) is 5.75 Å². The van der Waals surface area contributed by atoms with Crippen LogP contribution in [0.5, 0.6) is 5.75 Å². The molecule has 1 fully saturated rings. The minimum Gasteiger partial charge on any atom is -0.494 e. The molecule has 6 heteroatoms. The third-order valence-electron chi connectivity index (χ3n) is 5.60. The maximum absolute atomic E-state index is 12.5. The second-order valence-electron chi connectivity index (χ2n) is 7.70. The third kappa shape index (κ3) is 4.36. The van der Waals surface area contributed by atoms with Crippen molar-refractivity contribution < 1.29 is 9.53 Å². The van der Waals surface area contributed by atoms with Crippen LogP contribution in [-0.4, -0.2) is 40.1 Å². The summed E-state index contributed by atoms with van der Waals surface area (Å²) in [6.45, 7) is 3.95. The highest BCUT2D eigenvalue weighted by molar-refractivity contribution is 5.76. The number of ether oxygens (including phenoxy) is 1. The molecule has 2 heterocycles. The van der Waals surface area contributed by atoms with Gasteiger partial charge in [0.15, 0.2) is 0 Å². The van der Waals surface area contributed by atoms with Crippen LogP contribution in [-0.2, 0) is 4.79 Å². The van der Waals surface area contributed by atoms with Gasteiger partial charge in [-0.2, -0.15) is 0 Å². The summed E-state index contributed by atoms with van der Waals surface area (Å²) in [5.41, 5.74) is 2.90. The average molecular weight is 393 g/mol. The fourth-order valence-electron chi connectivity index (χ4n) is 4.09. The minimum absolute atomic E-state index is 0.0655. The Morgan fingerprint density at radius 3 is 2.72 bits per heavy atom. The van der Waals surface area contributed by atoms with Gasteiger partial charge in [-0.3, -0.25) is 9.36 Å². The molecular formula is C23H27N3O3. The Kier molecular flexibility index (Phi) is 5.69. The largest absolute Gasteiger partial charge is 0.494 e. The first kappa shape index (κ1) is 19.3. The molecule has 0 spiro atoms. The molecule has 1 amide bonds. The second kappa shape index (κ2) is 8.55. The summed E-state index contributed by atoms with van der Waals surface area (Å²) in [5.74, 6) is 1.02. The summed E-state index contributed by atoms with van der Waals surface area (Å²) in [6, 6.07) is 15.8. The molecule has 3 aromatic rings. The molecular weight excluding hydrogens is 366 g/mol. The minimum atomic E-state index is -0.0655. The number of H-pyrrole nitrogens is 1. The van der Waals surface area contributed by atoms with Gasteiger partial charge in [0.2, 0.25) is 5.91 Å². The Labute approximate surface area is 170 Å². The van der Waals surface area contributed by atoms with E-state index < -0.39 is 0 Å². The van der Waals surface area contributed by atoms with Crippen molar-refractivity contribution in [2.75, 3.05) is 19.7 Å². The zero-order valence-electron chi connectivity index (χ0n) is 16.8. The first-order valence-electron chi connectivity index (χ1n) is 10.3. The number of aryl methyl sites for hydroxylation is 1. The van der Waals surface area contributed by atoms with Crippen molar-refractivity contribution in [2.45, 2.75) is 38.6 Å². The van der Waals surface area contributed by atoms with Gasteiger partial charge in [-0.05, 0) is 56.0 Å². The third-order valence-corrected chi connectivity index (χ3v) is 5.60. The van der Waals surface area contributed by atoms with Crippen molar-refractivity contribution in [3.8, 4) is 5.75 Å². The van der Waals surface area contributed by atoms with Gasteiger partial charge in [-0.25, -0.2) is 4.79 Å². The Morgan fingerprint density at radius 1 is 1.14 bits per heavy atom. The summed E-state index contributed by atoms with van der Waals surface area (Å²) in [7, 11) is 0. The fraction of sp³-hybridized carbons (Fsp3) is 0.391. The van der Waals surface area contributed by atoms with Gasteiger partial charge in [0, 0.05) is 25.6 Å². The smallest absolute Gasteiger partial charge is 0.326 e. The number of aromatic amines is 1. The van der Waals surface area contributed by atoms with Crippen molar-refractivity contribution >= 4 is 16.9 Å². The second-order valence-corrected chi connectivity index (χ2v) is 7.70. The van der Waals surface area contributed by atoms with E-state index in [2.05, 4.69) is 4.98 Å². The number of hydrogen-bond acceptors (Lipinski definition) is 3. The van der Waals surface area contributed by atoms with Crippen LogP contribution >= 0.6 is 0 Å². The van der Waals surface area contributed by atoms with Crippen LogP contribution in [0.3, 0.4) is 0 Å². The lowest BCUT2D eigenvalue weighted by atomic mass is 10.0. The Morgan fingerprint density at radius 2 is 1.93 bits per heavy atom. The number of rotatable bonds is 6. The van der Waals surface area contributed by atoms with E-state index in [4.69, 9.17) is 4.74 Å². The molecule has 0 atom stereocenters. The maximum atomic E-state index is 12.5. The Bertz CT molecular complexity index is 1040. The normalized spacial score (nSPS) is 15.0. The SMILES string of the molecule is Cc1cccc(OCCCC(=O)N2CCC(n3c(=O)[nH]c4ccccc43)CC2)c1. The number of imidazole rings is 1. The zero-order valence-corrected chi connectivity index (χ0v) is 16.8. The lowest BCUT2D eigenvalue weighted by Gasteiger charge is -2.32. The number of fused-ring (bicyclic) bond motifs is 1. The van der Waals surface area contributed by atoms with Crippen molar-refractivity contribution in [2.24, 2.45) is 0 Å². The number of carbonyl (C=O) groups is 1. The van der Waals surface area contributed by atoms with E-state index in [0.29, 0.717) is 32.5 Å². The Balaban J connectivity index is 1.26. The molecule has 1 N–H and O–H groups in total. The highest BCUT2D eigenvalue weighted by atomic mass is 16.5. The van der Waals surface area contributed by atoms with E-state index in [-0.39, 0.29) is 17.6 Å². The van der Waals surface area contributed by atoms with Gasteiger partial charge in [0.25, 0.3) is 0 Å². The van der Waals surface area contributed by atoms with Gasteiger partial charge < -0.3 is 14.6 Å². The van der Waals surface area contributed by atoms with Crippen LogP contribution in [0.1, 0.15) is 37.3 Å². The molecule has 1 aliphatic rings. The summed E-state index contributed by atoms with van der Waals surface area (Å²) in [5, 5.41) is 0. The van der Waals surface area contributed by atoms with Crippen LogP contribution in [0.2, 0.25) is 0 Å². The maximum Gasteiger partial charge on any atom is 0.326 e. The molecule has 0 unspecified atom stereocenters. The van der Waals surface area contributed by atoms with Crippen molar-refractivity contribution in [3.63, 3.8) is 0 Å². The highest BCUT2D eigenvalue weighted by Crippen LogP contribution is 2.25. The average Bonchev–Trinajstić information content (AvgIpc) is 3.07. The number of hydrogen-bond donors (Lipinski definition) is 1. The zero-order chi connectivity index (χ0) is 20.2. The van der Waals surface area contributed by atoms with Crippen molar-refractivity contribution in [3.05, 3.63) is 64.6 Å². The number of para-hydroxylation sites is 2. The van der Waals surface area contributed by atoms with Crippen LogP contribution in [0.25, 0.3) is 11.0 Å². The van der Waals surface area contributed by atoms with E-state index in [1.165, 1.54) is 0 Å². The van der Waals surface area contributed by atoms with E-state index in [1.807, 2.05) is 64.9 Å². The number of nitrogens with zero attached hydrogens (tertiary/aromatic N) is 2. The molecule has 0 bridgehead atoms. The van der Waals surface area contributed by atoms with E-state index in [0.717, 1.165) is 35.2 Å². The summed E-state index contributed by atoms with van der Waals surface area (Å²) < 4.78 is 7.59. The molecule has 6 nitrogen and oxygen atoms in total. The molecule has 0 saturated carbocycles. The predicted molar refractivity (Wildman–Crippen MR) is 113 cm³/mol. The molecule has 1 saturated heterocycles. The molecule has 1 aliphatic heterocycles. The summed E-state index contributed by atoms with van der Waals surface area (Å²) >= 11 is 0. The van der Waals surface area contributed by atoms with Crippen LogP contribution in [0.15, 0.2) is 53.3 Å². The molecule has 4 rings (SSSR count). The number of aromatic nitrogens is 2. The first-order valence-corrected chi connectivity index (χ1v) is 10.3. The predicted octanol–water partition coefficient (Wildman–Crippen LogP) is 3.66. The van der Waals surface area contributed by atoms with Crippen LogP contribution in [0.4, 0.5) is 0 Å². The molecule has 0 radical (unpaired) electrons. The standard InChI is InChI=1S/C23H27N3O3/c1-17-6-4-7-19(16-17)29-15-5-10-22(27)25-13-11-18(12-14-25)26-21-9-3-2-8-20(21)24-23(26)28/h2-4,6-9,16,18H,5,10-15H2,1H3,(H,24,28). The van der Waals surface area contributed by atoms with E-state index in [9.17, 15) is 9.59 Å². The van der Waals surface area contributed by atoms with Crippen molar-refractivity contribution in [1.82, 2.24) is 14.5 Å². The van der Waals surface area contributed by atoms with Crippen molar-refractivity contribution in [1.29, 1.82) is 0 Å². The molecule has 1 aromatic heterocycles. The number of benzene rings is 2. The van der Waals surface area contributed by atoms with Gasteiger partial charge in [0.05, 0.1) is 17.6 Å². The number of likely N-dealkylation sites (tertiary alicyclic amines) is 1. The van der Waals surface area contributed by atoms with Gasteiger partial charge >= 0.3 is 5.69 Å². The Hall–Kier alpha value is -3.02. The quantitative estimate of drug-likeness (QED) is 0.650. The highest BCUT2D eigenvalue weighted by Gasteiger charge is 2.25. The number of carbonyl (C=O) groups excluding carboxylic acids is 1. The topological polar surface area (TPSA) is 67.3 Å². The summed E-state index contributed by atoms with van der Waals surface area (Å²) in [6.07, 6.45) is 2.79. The lowest BCUT2D eigenvalue weighted by Crippen LogP contribution is -2.40. The molecule has 29 heavy (non-hydrogen) atoms. The van der Waals surface area contributed by atoms with Crippen LogP contribution < -0.4 is 10.4 Å².